The molecule has 2 heterocycles. The number of anilines is 2. The van der Waals surface area contributed by atoms with Crippen LogP contribution in [0.5, 0.6) is 0 Å². The first kappa shape index (κ1) is 31.2. The Hall–Kier alpha value is -3.78. The Labute approximate surface area is 269 Å². The van der Waals surface area contributed by atoms with Crippen molar-refractivity contribution in [2.75, 3.05) is 35.8 Å². The van der Waals surface area contributed by atoms with E-state index in [0.717, 1.165) is 28.4 Å². The summed E-state index contributed by atoms with van der Waals surface area (Å²) in [6.45, 7) is 6.62. The fourth-order valence-corrected chi connectivity index (χ4v) is 8.56. The van der Waals surface area contributed by atoms with Gasteiger partial charge in [-0.15, -0.1) is 0 Å². The molecule has 2 fully saturated rings. The van der Waals surface area contributed by atoms with Crippen LogP contribution < -0.4 is 10.2 Å². The number of nitrogens with zero attached hydrogens (tertiary/aromatic N) is 2. The lowest BCUT2D eigenvalue weighted by molar-refractivity contribution is -0.147. The molecule has 45 heavy (non-hydrogen) atoms. The maximum absolute atomic E-state index is 15.1. The van der Waals surface area contributed by atoms with Crippen LogP contribution in [0.15, 0.2) is 72.8 Å². The third-order valence-corrected chi connectivity index (χ3v) is 11.2. The van der Waals surface area contributed by atoms with Gasteiger partial charge in [0.2, 0.25) is 11.8 Å². The minimum Gasteiger partial charge on any atom is -0.378 e. The molecule has 6 nitrogen and oxygen atoms in total. The number of hydrogen-bond acceptors (Lipinski definition) is 4. The maximum Gasteiger partial charge on any atom is 0.250 e. The normalized spacial score (nSPS) is 20.0. The molecule has 4 aromatic rings. The number of halogens is 1. The summed E-state index contributed by atoms with van der Waals surface area (Å²) in [5.74, 6) is 1.14. The molecule has 236 valence electrons. The van der Waals surface area contributed by atoms with Crippen molar-refractivity contribution in [1.29, 1.82) is 0 Å². The molecule has 0 spiro atoms. The summed E-state index contributed by atoms with van der Waals surface area (Å²) in [5, 5.41) is 4.34. The Bertz CT molecular complexity index is 1710. The highest BCUT2D eigenvalue weighted by Crippen LogP contribution is 2.67. The number of thioether (sulfide) groups is 1. The quantitative estimate of drug-likeness (QED) is 0.199. The van der Waals surface area contributed by atoms with Crippen LogP contribution in [0.2, 0.25) is 0 Å². The molecule has 2 N–H and O–H groups in total. The topological polar surface area (TPSA) is 68.4 Å². The van der Waals surface area contributed by atoms with Crippen LogP contribution in [-0.4, -0.2) is 52.8 Å². The second kappa shape index (κ2) is 12.2. The van der Waals surface area contributed by atoms with Crippen LogP contribution in [-0.2, 0) is 16.1 Å². The second-order valence-electron chi connectivity index (χ2n) is 13.4. The summed E-state index contributed by atoms with van der Waals surface area (Å²) in [5.41, 5.74) is 4.46. The van der Waals surface area contributed by atoms with E-state index in [1.807, 2.05) is 49.3 Å². The van der Waals surface area contributed by atoms with Gasteiger partial charge in [-0.3, -0.25) is 9.59 Å². The van der Waals surface area contributed by atoms with E-state index < -0.39 is 5.54 Å². The summed E-state index contributed by atoms with van der Waals surface area (Å²) in [6, 6.07) is 22.6. The van der Waals surface area contributed by atoms with Gasteiger partial charge in [0.05, 0.1) is 0 Å². The highest BCUT2D eigenvalue weighted by Gasteiger charge is 2.60. The van der Waals surface area contributed by atoms with E-state index in [1.54, 1.807) is 34.9 Å². The first-order valence-corrected chi connectivity index (χ1v) is 17.0. The Balaban J connectivity index is 1.33. The van der Waals surface area contributed by atoms with E-state index in [0.29, 0.717) is 30.5 Å². The molecule has 2 atom stereocenters. The van der Waals surface area contributed by atoms with Crippen molar-refractivity contribution in [2.45, 2.75) is 58.0 Å². The van der Waals surface area contributed by atoms with E-state index in [4.69, 9.17) is 0 Å². The molecule has 2 aliphatic rings. The van der Waals surface area contributed by atoms with Crippen molar-refractivity contribution in [3.63, 3.8) is 0 Å². The number of aryl methyl sites for hydroxylation is 1. The summed E-state index contributed by atoms with van der Waals surface area (Å²) in [7, 11) is 3.94. The smallest absolute Gasteiger partial charge is 0.250 e. The number of carbonyl (C=O) groups excluding carboxylic acids is 2. The molecular formula is C37H43FN4O2S. The molecule has 8 heteroatoms. The zero-order valence-corrected chi connectivity index (χ0v) is 27.6. The molecule has 3 aromatic carbocycles. The predicted octanol–water partition coefficient (Wildman–Crippen LogP) is 7.74. The van der Waals surface area contributed by atoms with Gasteiger partial charge in [0.1, 0.15) is 11.4 Å². The molecule has 0 bridgehead atoms. The molecule has 0 unspecified atom stereocenters. The van der Waals surface area contributed by atoms with Crippen LogP contribution in [0.1, 0.15) is 55.8 Å². The minimum atomic E-state index is -1.09. The Morgan fingerprint density at radius 1 is 0.978 bits per heavy atom. The van der Waals surface area contributed by atoms with Gasteiger partial charge in [-0.2, -0.15) is 11.8 Å². The molecule has 1 aliphatic heterocycles. The van der Waals surface area contributed by atoms with Crippen molar-refractivity contribution in [3.05, 3.63) is 95.4 Å². The van der Waals surface area contributed by atoms with Gasteiger partial charge in [0.25, 0.3) is 0 Å². The predicted molar refractivity (Wildman–Crippen MR) is 183 cm³/mol. The lowest BCUT2D eigenvalue weighted by Crippen LogP contribution is -2.60. The average molecular weight is 627 g/mol. The molecule has 1 aromatic heterocycles. The van der Waals surface area contributed by atoms with Crippen molar-refractivity contribution in [1.82, 2.24) is 9.88 Å². The monoisotopic (exact) mass is 626 g/mol. The van der Waals surface area contributed by atoms with Gasteiger partial charge in [0.15, 0.2) is 0 Å². The van der Waals surface area contributed by atoms with Crippen molar-refractivity contribution >= 4 is 45.9 Å². The van der Waals surface area contributed by atoms with Gasteiger partial charge < -0.3 is 20.1 Å². The van der Waals surface area contributed by atoms with Crippen LogP contribution in [0.4, 0.5) is 15.8 Å². The molecular weight excluding hydrogens is 583 g/mol. The van der Waals surface area contributed by atoms with Crippen LogP contribution >= 0.6 is 11.8 Å². The number of para-hydroxylation sites is 1. The number of aromatic amines is 1. The summed E-state index contributed by atoms with van der Waals surface area (Å²) in [4.78, 5) is 36.3. The Morgan fingerprint density at radius 3 is 2.33 bits per heavy atom. The first-order valence-electron chi connectivity index (χ1n) is 15.8. The largest absolute Gasteiger partial charge is 0.378 e. The molecule has 1 saturated carbocycles. The van der Waals surface area contributed by atoms with Crippen molar-refractivity contribution in [3.8, 4) is 0 Å². The number of nitrogens with one attached hydrogen (secondary N) is 2. The number of H-pyrrole nitrogens is 1. The highest BCUT2D eigenvalue weighted by molar-refractivity contribution is 7.99. The zero-order valence-electron chi connectivity index (χ0n) is 26.8. The summed E-state index contributed by atoms with van der Waals surface area (Å²) < 4.78 is 15.1. The summed E-state index contributed by atoms with van der Waals surface area (Å²) in [6.07, 6.45) is 1.32. The lowest BCUT2D eigenvalue weighted by Gasteiger charge is -2.45. The van der Waals surface area contributed by atoms with E-state index in [-0.39, 0.29) is 41.4 Å². The van der Waals surface area contributed by atoms with Gasteiger partial charge in [-0.05, 0) is 90.5 Å². The molecule has 1 aliphatic carbocycles. The number of aromatic nitrogens is 1. The number of benzene rings is 3. The first-order chi connectivity index (χ1) is 21.5. The molecule has 0 radical (unpaired) electrons. The van der Waals surface area contributed by atoms with E-state index in [9.17, 15) is 9.59 Å². The molecule has 2 amide bonds. The number of fused-ring (bicyclic) bond motifs is 1. The number of amides is 2. The van der Waals surface area contributed by atoms with Gasteiger partial charge in [0, 0.05) is 60.6 Å². The SMILES string of the molecule is Cc1[nH]c2ccccc2c1[C@H]1[C@H](CC(=O)N(Cc2ccccc2F)C2(C(=O)Nc3ccc(N(C)C)cc3)CCSCC2)C1(C)C. The Kier molecular flexibility index (Phi) is 8.46. The number of rotatable bonds is 9. The van der Waals surface area contributed by atoms with Crippen LogP contribution in [0.25, 0.3) is 10.9 Å². The standard InChI is InChI=1S/C37H43FN4O2S/c1-24-33(28-11-7-9-13-31(28)39-24)34-29(36(34,2)3)22-32(43)42(23-25-10-6-8-12-30(25)38)37(18-20-45-21-19-37)35(44)40-26-14-16-27(17-15-26)41(4)5/h6-17,29,34,39H,18-23H2,1-5H3,(H,40,44)/t29-,34+/m0/s1. The second-order valence-corrected chi connectivity index (χ2v) is 14.7. The third-order valence-electron chi connectivity index (χ3n) is 10.2. The van der Waals surface area contributed by atoms with Crippen molar-refractivity contribution in [2.24, 2.45) is 11.3 Å². The molecule has 1 saturated heterocycles. The van der Waals surface area contributed by atoms with Gasteiger partial charge >= 0.3 is 0 Å². The Morgan fingerprint density at radius 2 is 1.64 bits per heavy atom. The van der Waals surface area contributed by atoms with Crippen LogP contribution in [0, 0.1) is 24.1 Å². The minimum absolute atomic E-state index is 0.0487. The van der Waals surface area contributed by atoms with Crippen molar-refractivity contribution < 1.29 is 14.0 Å². The third kappa shape index (κ3) is 5.85. The molecule has 6 rings (SSSR count). The highest BCUT2D eigenvalue weighted by atomic mass is 32.2. The summed E-state index contributed by atoms with van der Waals surface area (Å²) >= 11 is 1.79. The van der Waals surface area contributed by atoms with Gasteiger partial charge in [-0.25, -0.2) is 4.39 Å². The van der Waals surface area contributed by atoms with Crippen LogP contribution in [0.3, 0.4) is 0 Å². The fourth-order valence-electron chi connectivity index (χ4n) is 7.39. The maximum atomic E-state index is 15.1. The van der Waals surface area contributed by atoms with E-state index in [1.165, 1.54) is 17.0 Å². The van der Waals surface area contributed by atoms with E-state index in [2.05, 4.69) is 49.3 Å². The van der Waals surface area contributed by atoms with Gasteiger partial charge in [-0.1, -0.05) is 50.2 Å². The zero-order chi connectivity index (χ0) is 31.9. The number of hydrogen-bond donors (Lipinski definition) is 2. The van der Waals surface area contributed by atoms with E-state index >= 15 is 4.39 Å². The fraction of sp³-hybridized carbons (Fsp3) is 0.405. The number of carbonyl (C=O) groups is 2. The average Bonchev–Trinajstić information content (AvgIpc) is 3.37. The lowest BCUT2D eigenvalue weighted by atomic mass is 9.87.